The molecule has 1 amide bonds. The normalized spacial score (nSPS) is 18.9. The summed E-state index contributed by atoms with van der Waals surface area (Å²) in [6, 6.07) is 1.42. The number of halogens is 2. The molecule has 2 heterocycles. The molecule has 1 saturated heterocycles. The molecule has 1 atom stereocenters. The molecule has 0 bridgehead atoms. The first kappa shape index (κ1) is 15.8. The molecule has 1 unspecified atom stereocenters. The molecular formula is C11H10BrFN2O5S. The zero-order chi connectivity index (χ0) is 15.8. The fourth-order valence-corrected chi connectivity index (χ4v) is 2.97. The Bertz CT molecular complexity index is 709. The second-order valence-corrected chi connectivity index (χ2v) is 6.85. The lowest BCUT2D eigenvalue weighted by atomic mass is 10.2. The van der Waals surface area contributed by atoms with Crippen LogP contribution < -0.4 is 4.90 Å². The first-order chi connectivity index (χ1) is 9.74. The molecule has 1 fully saturated rings. The van der Waals surface area contributed by atoms with E-state index in [1.807, 2.05) is 0 Å². The minimum Gasteiger partial charge on any atom is -0.464 e. The molecule has 0 spiro atoms. The molecule has 7 nitrogen and oxygen atoms in total. The highest BCUT2D eigenvalue weighted by molar-refractivity contribution is 9.10. The third kappa shape index (κ3) is 3.21. The van der Waals surface area contributed by atoms with Gasteiger partial charge < -0.3 is 9.64 Å². The lowest BCUT2D eigenvalue weighted by molar-refractivity contribution is -0.117. The van der Waals surface area contributed by atoms with E-state index in [9.17, 15) is 21.9 Å². The van der Waals surface area contributed by atoms with Gasteiger partial charge in [0.15, 0.2) is 5.69 Å². The minimum atomic E-state index is -4.84. The Morgan fingerprint density at radius 2 is 2.24 bits per heavy atom. The molecule has 0 aromatic carbocycles. The van der Waals surface area contributed by atoms with Gasteiger partial charge in [0.2, 0.25) is 5.91 Å². The molecule has 0 aliphatic carbocycles. The van der Waals surface area contributed by atoms with E-state index in [4.69, 9.17) is 0 Å². The number of anilines is 1. The maximum absolute atomic E-state index is 13.0. The van der Waals surface area contributed by atoms with Crippen LogP contribution in [0, 0.1) is 0 Å². The van der Waals surface area contributed by atoms with E-state index >= 15 is 0 Å². The van der Waals surface area contributed by atoms with E-state index in [2.05, 4.69) is 25.7 Å². The van der Waals surface area contributed by atoms with Crippen LogP contribution in [0.4, 0.5) is 9.57 Å². The van der Waals surface area contributed by atoms with Crippen LogP contribution in [0.25, 0.3) is 0 Å². The van der Waals surface area contributed by atoms with E-state index in [1.165, 1.54) is 12.3 Å². The van der Waals surface area contributed by atoms with Crippen LogP contribution in [-0.4, -0.2) is 44.2 Å². The number of nitrogens with zero attached hydrogens (tertiary/aromatic N) is 2. The van der Waals surface area contributed by atoms with Gasteiger partial charge in [-0.1, -0.05) is 0 Å². The fraction of sp³-hybridized carbons (Fsp3) is 0.364. The fourth-order valence-electron chi connectivity index (χ4n) is 1.98. The first-order valence-electron chi connectivity index (χ1n) is 5.71. The molecule has 1 aliphatic heterocycles. The van der Waals surface area contributed by atoms with Crippen molar-refractivity contribution in [2.75, 3.05) is 18.6 Å². The van der Waals surface area contributed by atoms with Crippen LogP contribution in [0.3, 0.4) is 0 Å². The largest absolute Gasteiger partial charge is 0.464 e. The van der Waals surface area contributed by atoms with Gasteiger partial charge in [-0.3, -0.25) is 4.79 Å². The summed E-state index contributed by atoms with van der Waals surface area (Å²) in [7, 11) is -3.69. The Balaban J connectivity index is 2.45. The van der Waals surface area contributed by atoms with Gasteiger partial charge in [0.05, 0.1) is 12.8 Å². The third-order valence-corrected chi connectivity index (χ3v) is 4.54. The second kappa shape index (κ2) is 5.68. The number of methoxy groups -OCH3 is 1. The zero-order valence-electron chi connectivity index (χ0n) is 10.7. The highest BCUT2D eigenvalue weighted by Crippen LogP contribution is 2.30. The van der Waals surface area contributed by atoms with Crippen LogP contribution in [0.5, 0.6) is 0 Å². The van der Waals surface area contributed by atoms with Crippen molar-refractivity contribution in [1.29, 1.82) is 0 Å². The number of pyridine rings is 1. The number of hydrogen-bond donors (Lipinski definition) is 0. The molecule has 1 aliphatic rings. The lowest BCUT2D eigenvalue weighted by Crippen LogP contribution is -2.29. The van der Waals surface area contributed by atoms with Crippen LogP contribution in [0.15, 0.2) is 16.7 Å². The van der Waals surface area contributed by atoms with Gasteiger partial charge in [-0.15, -0.1) is 3.89 Å². The Morgan fingerprint density at radius 1 is 1.57 bits per heavy atom. The second-order valence-electron chi connectivity index (χ2n) is 4.32. The Morgan fingerprint density at radius 3 is 2.76 bits per heavy atom. The summed E-state index contributed by atoms with van der Waals surface area (Å²) in [5, 5.41) is -1.45. The summed E-state index contributed by atoms with van der Waals surface area (Å²) in [5.41, 5.74) is -0.0710. The number of esters is 1. The summed E-state index contributed by atoms with van der Waals surface area (Å²) in [5.74, 6) is -1.39. The van der Waals surface area contributed by atoms with Crippen molar-refractivity contribution < 1.29 is 26.6 Å². The minimum absolute atomic E-state index is 0.0763. The van der Waals surface area contributed by atoms with Crippen molar-refractivity contribution in [3.63, 3.8) is 0 Å². The van der Waals surface area contributed by atoms with Crippen LogP contribution in [-0.2, 0) is 19.8 Å². The number of amides is 1. The first-order valence-corrected chi connectivity index (χ1v) is 7.95. The monoisotopic (exact) mass is 380 g/mol. The summed E-state index contributed by atoms with van der Waals surface area (Å²) in [6.45, 7) is -0.375. The van der Waals surface area contributed by atoms with Crippen molar-refractivity contribution in [3.05, 3.63) is 22.4 Å². The number of ether oxygens (including phenoxy) is 1. The molecule has 1 aromatic heterocycles. The molecular weight excluding hydrogens is 371 g/mol. The lowest BCUT2D eigenvalue weighted by Gasteiger charge is -2.18. The van der Waals surface area contributed by atoms with Crippen LogP contribution in [0.1, 0.15) is 16.9 Å². The average molecular weight is 381 g/mol. The molecule has 2 rings (SSSR count). The number of aromatic nitrogens is 1. The van der Waals surface area contributed by atoms with E-state index in [1.54, 1.807) is 0 Å². The quantitative estimate of drug-likeness (QED) is 0.574. The highest BCUT2D eigenvalue weighted by atomic mass is 79.9. The molecule has 21 heavy (non-hydrogen) atoms. The maximum atomic E-state index is 13.0. The Kier molecular flexibility index (Phi) is 4.28. The van der Waals surface area contributed by atoms with Crippen molar-refractivity contribution in [2.45, 2.75) is 11.7 Å². The summed E-state index contributed by atoms with van der Waals surface area (Å²) in [6.07, 6.45) is 0.853. The molecule has 10 heteroatoms. The molecule has 0 N–H and O–H groups in total. The number of carbonyl (C=O) groups excluding carboxylic acids is 2. The van der Waals surface area contributed by atoms with E-state index in [0.29, 0.717) is 4.47 Å². The third-order valence-electron chi connectivity index (χ3n) is 2.99. The maximum Gasteiger partial charge on any atom is 0.358 e. The van der Waals surface area contributed by atoms with E-state index < -0.39 is 33.8 Å². The van der Waals surface area contributed by atoms with Gasteiger partial charge in [0.1, 0.15) is 5.25 Å². The van der Waals surface area contributed by atoms with Crippen LogP contribution in [0.2, 0.25) is 0 Å². The zero-order valence-corrected chi connectivity index (χ0v) is 13.1. The molecule has 0 saturated carbocycles. The van der Waals surface area contributed by atoms with Gasteiger partial charge in [0.25, 0.3) is 0 Å². The van der Waals surface area contributed by atoms with Crippen LogP contribution >= 0.6 is 15.9 Å². The van der Waals surface area contributed by atoms with Crippen molar-refractivity contribution in [3.8, 4) is 0 Å². The van der Waals surface area contributed by atoms with Gasteiger partial charge in [-0.25, -0.2) is 9.78 Å². The van der Waals surface area contributed by atoms with Crippen molar-refractivity contribution in [1.82, 2.24) is 4.98 Å². The standard InChI is InChI=1S/C11H10BrFN2O5S/c1-20-11(17)10-8(2-6(12)4-14-10)15-5-7(3-9(15)16)21(13,18)19/h2,4,7H,3,5H2,1H3. The van der Waals surface area contributed by atoms with Crippen molar-refractivity contribution in [2.24, 2.45) is 0 Å². The van der Waals surface area contributed by atoms with E-state index in [0.717, 1.165) is 12.0 Å². The molecule has 114 valence electrons. The van der Waals surface area contributed by atoms with Gasteiger partial charge >= 0.3 is 16.2 Å². The van der Waals surface area contributed by atoms with E-state index in [-0.39, 0.29) is 17.9 Å². The summed E-state index contributed by atoms with van der Waals surface area (Å²) >= 11 is 3.14. The summed E-state index contributed by atoms with van der Waals surface area (Å²) < 4.78 is 39.9. The summed E-state index contributed by atoms with van der Waals surface area (Å²) in [4.78, 5) is 28.4. The number of carbonyl (C=O) groups is 2. The Hall–Kier alpha value is -1.55. The van der Waals surface area contributed by atoms with Gasteiger partial charge in [0, 0.05) is 23.6 Å². The highest BCUT2D eigenvalue weighted by Gasteiger charge is 2.40. The molecule has 0 radical (unpaired) electrons. The average Bonchev–Trinajstić information content (AvgIpc) is 2.79. The van der Waals surface area contributed by atoms with Crippen molar-refractivity contribution >= 4 is 43.7 Å². The topological polar surface area (TPSA) is 93.6 Å². The van der Waals surface area contributed by atoms with Gasteiger partial charge in [-0.2, -0.15) is 8.42 Å². The smallest absolute Gasteiger partial charge is 0.358 e. The predicted octanol–water partition coefficient (Wildman–Crippen LogP) is 1.04. The number of rotatable bonds is 3. The SMILES string of the molecule is COC(=O)c1ncc(Br)cc1N1CC(S(=O)(=O)F)CC1=O. The number of hydrogen-bond acceptors (Lipinski definition) is 6. The predicted molar refractivity (Wildman–Crippen MR) is 74.1 cm³/mol. The molecule has 1 aromatic rings. The Labute approximate surface area is 128 Å². The van der Waals surface area contributed by atoms with Gasteiger partial charge in [-0.05, 0) is 22.0 Å².